The molecule has 0 atom stereocenters. The van der Waals surface area contributed by atoms with Crippen LogP contribution in [0.5, 0.6) is 0 Å². The summed E-state index contributed by atoms with van der Waals surface area (Å²) in [6.45, 7) is 2.25. The molecule has 3 heteroatoms. The summed E-state index contributed by atoms with van der Waals surface area (Å²) in [6.07, 6.45) is 4.73. The molecule has 0 unspecified atom stereocenters. The first-order chi connectivity index (χ1) is 29.7. The molecule has 0 aliphatic rings. The predicted octanol–water partition coefficient (Wildman–Crippen LogP) is 11.6. The van der Waals surface area contributed by atoms with E-state index in [1.165, 1.54) is 71.1 Å². The molecule has 2 nitrogen and oxygen atoms in total. The summed E-state index contributed by atoms with van der Waals surface area (Å²) in [5.41, 5.74) is 13.1. The van der Waals surface area contributed by atoms with Gasteiger partial charge in [0.1, 0.15) is 0 Å². The minimum atomic E-state index is -3.06. The van der Waals surface area contributed by atoms with Crippen LogP contribution < -0.4 is 20.7 Å². The Hall–Kier alpha value is -7.46. The molecule has 2 aromatic heterocycles. The first-order valence-corrected chi connectivity index (χ1v) is 22.7. The Bertz CT molecular complexity index is 2900. The Morgan fingerprint density at radius 2 is 0.650 bits per heavy atom. The Kier molecular flexibility index (Phi) is 9.86. The van der Waals surface area contributed by atoms with E-state index < -0.39 is 8.07 Å². The Labute approximate surface area is 354 Å². The fourth-order valence-corrected chi connectivity index (χ4v) is 14.4. The Balaban J connectivity index is 1.31. The molecule has 286 valence electrons. The van der Waals surface area contributed by atoms with Gasteiger partial charge in [0.2, 0.25) is 0 Å². The van der Waals surface area contributed by atoms with Crippen LogP contribution in [0.4, 0.5) is 0 Å². The lowest BCUT2D eigenvalue weighted by atomic mass is 10.0. The lowest BCUT2D eigenvalue weighted by Gasteiger charge is -2.36. The van der Waals surface area contributed by atoms with Crippen molar-refractivity contribution in [1.29, 1.82) is 0 Å². The van der Waals surface area contributed by atoms with Crippen molar-refractivity contribution in [2.75, 3.05) is 0 Å². The second-order valence-electron chi connectivity index (χ2n) is 15.4. The molecule has 2 heterocycles. The first-order valence-electron chi connectivity index (χ1n) is 20.7. The van der Waals surface area contributed by atoms with Crippen LogP contribution in [-0.4, -0.2) is 17.2 Å². The van der Waals surface area contributed by atoms with Gasteiger partial charge in [0.15, 0.2) is 8.07 Å². The second kappa shape index (κ2) is 16.1. The highest BCUT2D eigenvalue weighted by atomic mass is 28.3. The molecule has 0 spiro atoms. The number of nitrogens with zero attached hydrogens (tertiary/aromatic N) is 2. The lowest BCUT2D eigenvalue weighted by Crippen LogP contribution is -2.75. The zero-order valence-corrected chi connectivity index (χ0v) is 34.6. The second-order valence-corrected chi connectivity index (χ2v) is 19.1. The molecule has 0 saturated carbocycles. The molecule has 0 radical (unpaired) electrons. The normalized spacial score (nSPS) is 11.4. The summed E-state index contributed by atoms with van der Waals surface area (Å²) in [7, 11) is -3.06. The third-order valence-corrected chi connectivity index (χ3v) is 16.8. The van der Waals surface area contributed by atoms with Gasteiger partial charge in [0.25, 0.3) is 0 Å². The summed E-state index contributed by atoms with van der Waals surface area (Å²) in [6, 6.07) is 86.5. The van der Waals surface area contributed by atoms with Gasteiger partial charge in [-0.3, -0.25) is 0 Å². The van der Waals surface area contributed by atoms with Crippen LogP contribution in [0.2, 0.25) is 0 Å². The SMILES string of the molecule is Cc1c(-c2ccccc2)cn(-c2cccc(-n3cc(-c4ccccc4)c([Si](c4ccccc4)(c4ccccc4)c4ccccc4)c3-c3ccccc3)c2)c1-c1ccccc1. The predicted molar refractivity (Wildman–Crippen MR) is 255 cm³/mol. The van der Waals surface area contributed by atoms with Gasteiger partial charge in [-0.05, 0) is 73.7 Å². The van der Waals surface area contributed by atoms with Gasteiger partial charge in [0, 0.05) is 34.9 Å². The zero-order chi connectivity index (χ0) is 40.3. The fraction of sp³-hybridized carbons (Fsp3) is 0.0175. The minimum Gasteiger partial charge on any atom is -0.316 e. The third kappa shape index (κ3) is 6.46. The first kappa shape index (κ1) is 36.8. The van der Waals surface area contributed by atoms with Gasteiger partial charge in [0.05, 0.1) is 11.4 Å². The highest BCUT2D eigenvalue weighted by Crippen LogP contribution is 2.38. The van der Waals surface area contributed by atoms with Crippen molar-refractivity contribution in [1.82, 2.24) is 9.13 Å². The van der Waals surface area contributed by atoms with Crippen LogP contribution >= 0.6 is 0 Å². The molecule has 0 aliphatic carbocycles. The average molecular weight is 785 g/mol. The number of hydrogen-bond acceptors (Lipinski definition) is 0. The number of aromatic nitrogens is 2. The average Bonchev–Trinajstić information content (AvgIpc) is 3.90. The maximum absolute atomic E-state index is 3.06. The monoisotopic (exact) mass is 784 g/mol. The smallest absolute Gasteiger partial charge is 0.182 e. The van der Waals surface area contributed by atoms with Crippen molar-refractivity contribution in [3.63, 3.8) is 0 Å². The molecule has 0 fully saturated rings. The molecule has 8 aromatic carbocycles. The van der Waals surface area contributed by atoms with E-state index in [9.17, 15) is 0 Å². The Morgan fingerprint density at radius 1 is 0.317 bits per heavy atom. The summed E-state index contributed by atoms with van der Waals surface area (Å²) >= 11 is 0. The van der Waals surface area contributed by atoms with E-state index >= 15 is 0 Å². The van der Waals surface area contributed by atoms with E-state index in [1.54, 1.807) is 0 Å². The van der Waals surface area contributed by atoms with E-state index in [4.69, 9.17) is 0 Å². The molecule has 0 saturated heterocycles. The van der Waals surface area contributed by atoms with Gasteiger partial charge in [-0.1, -0.05) is 218 Å². The van der Waals surface area contributed by atoms with Crippen LogP contribution in [0.1, 0.15) is 5.56 Å². The van der Waals surface area contributed by atoms with Crippen molar-refractivity contribution >= 4 is 28.8 Å². The molecule has 0 aliphatic heterocycles. The van der Waals surface area contributed by atoms with Crippen LogP contribution in [-0.2, 0) is 0 Å². The van der Waals surface area contributed by atoms with Crippen LogP contribution in [0, 0.1) is 6.92 Å². The molecule has 0 amide bonds. The molecular weight excluding hydrogens is 741 g/mol. The van der Waals surface area contributed by atoms with Crippen molar-refractivity contribution in [2.45, 2.75) is 6.92 Å². The van der Waals surface area contributed by atoms with E-state index in [-0.39, 0.29) is 0 Å². The maximum atomic E-state index is 2.48. The largest absolute Gasteiger partial charge is 0.316 e. The van der Waals surface area contributed by atoms with Crippen LogP contribution in [0.3, 0.4) is 0 Å². The maximum Gasteiger partial charge on any atom is 0.182 e. The summed E-state index contributed by atoms with van der Waals surface area (Å²) in [4.78, 5) is 0. The van der Waals surface area contributed by atoms with Crippen molar-refractivity contribution < 1.29 is 0 Å². The summed E-state index contributed by atoms with van der Waals surface area (Å²) in [5, 5.41) is 5.38. The van der Waals surface area contributed by atoms with E-state index in [1.807, 2.05) is 0 Å². The van der Waals surface area contributed by atoms with Gasteiger partial charge in [-0.15, -0.1) is 0 Å². The van der Waals surface area contributed by atoms with Crippen molar-refractivity contribution in [2.24, 2.45) is 0 Å². The van der Waals surface area contributed by atoms with Crippen molar-refractivity contribution in [3.8, 4) is 56.1 Å². The van der Waals surface area contributed by atoms with Crippen molar-refractivity contribution in [3.05, 3.63) is 255 Å². The number of hydrogen-bond donors (Lipinski definition) is 0. The van der Waals surface area contributed by atoms with Gasteiger partial charge in [-0.2, -0.15) is 0 Å². The summed E-state index contributed by atoms with van der Waals surface area (Å²) < 4.78 is 4.86. The van der Waals surface area contributed by atoms with Gasteiger partial charge >= 0.3 is 0 Å². The van der Waals surface area contributed by atoms with E-state index in [0.29, 0.717) is 0 Å². The Morgan fingerprint density at radius 3 is 1.08 bits per heavy atom. The zero-order valence-electron chi connectivity index (χ0n) is 33.6. The molecule has 60 heavy (non-hydrogen) atoms. The standard InChI is InChI=1S/C57H44N2Si/c1-43-53(44-24-9-2-10-25-44)41-58(55(43)46-28-13-4-14-29-46)48-32-23-33-49(40-48)59-42-54(45-26-11-3-12-27-45)57(56(59)47-30-15-5-16-31-47)60(50-34-17-6-18-35-50,51-36-19-7-20-37-51)52-38-21-8-22-39-52/h2-42H,1H3. The molecule has 0 N–H and O–H groups in total. The van der Waals surface area contributed by atoms with E-state index in [2.05, 4.69) is 265 Å². The minimum absolute atomic E-state index is 1.10. The third-order valence-electron chi connectivity index (χ3n) is 11.9. The van der Waals surface area contributed by atoms with Crippen LogP contribution in [0.25, 0.3) is 56.1 Å². The number of rotatable bonds is 10. The quantitative estimate of drug-likeness (QED) is 0.0966. The molecule has 10 aromatic rings. The van der Waals surface area contributed by atoms with Gasteiger partial charge < -0.3 is 9.13 Å². The fourth-order valence-electron chi connectivity index (χ4n) is 9.26. The molecule has 0 bridgehead atoms. The number of benzene rings is 8. The van der Waals surface area contributed by atoms with Gasteiger partial charge in [-0.25, -0.2) is 0 Å². The molecule has 10 rings (SSSR count). The topological polar surface area (TPSA) is 9.86 Å². The highest BCUT2D eigenvalue weighted by molar-refractivity contribution is 7.21. The van der Waals surface area contributed by atoms with E-state index in [0.717, 1.165) is 11.4 Å². The summed E-state index contributed by atoms with van der Waals surface area (Å²) in [5.74, 6) is 0. The highest BCUT2D eigenvalue weighted by Gasteiger charge is 2.46. The van der Waals surface area contributed by atoms with Crippen LogP contribution in [0.15, 0.2) is 249 Å². The molecular formula is C57H44N2Si. The lowest BCUT2D eigenvalue weighted by molar-refractivity contribution is 1.05.